The Morgan fingerprint density at radius 2 is 2.16 bits per heavy atom. The summed E-state index contributed by atoms with van der Waals surface area (Å²) in [5.41, 5.74) is 2.45. The fourth-order valence-corrected chi connectivity index (χ4v) is 2.56. The van der Waals surface area contributed by atoms with E-state index in [0.717, 1.165) is 12.8 Å². The lowest BCUT2D eigenvalue weighted by atomic mass is 9.94. The highest BCUT2D eigenvalue weighted by Crippen LogP contribution is 2.23. The van der Waals surface area contributed by atoms with Crippen molar-refractivity contribution in [3.63, 3.8) is 0 Å². The number of carbonyl (C=O) groups is 1. The predicted octanol–water partition coefficient (Wildman–Crippen LogP) is 2.29. The third-order valence-electron chi connectivity index (χ3n) is 3.65. The third-order valence-corrected chi connectivity index (χ3v) is 3.65. The summed E-state index contributed by atoms with van der Waals surface area (Å²) < 4.78 is 0. The summed E-state index contributed by atoms with van der Waals surface area (Å²) >= 11 is 0. The van der Waals surface area contributed by atoms with E-state index in [9.17, 15) is 9.90 Å². The maximum absolute atomic E-state index is 12.2. The van der Waals surface area contributed by atoms with Crippen LogP contribution in [-0.2, 0) is 17.8 Å². The number of nitrogens with zero attached hydrogens (tertiary/aromatic N) is 1. The van der Waals surface area contributed by atoms with Crippen LogP contribution in [0.2, 0.25) is 0 Å². The van der Waals surface area contributed by atoms with Crippen LogP contribution in [0.1, 0.15) is 30.9 Å². The first-order chi connectivity index (χ1) is 9.26. The van der Waals surface area contributed by atoms with Crippen molar-refractivity contribution in [3.05, 3.63) is 47.5 Å². The van der Waals surface area contributed by atoms with Crippen molar-refractivity contribution in [2.45, 2.75) is 38.8 Å². The van der Waals surface area contributed by atoms with E-state index >= 15 is 0 Å². The second-order valence-corrected chi connectivity index (χ2v) is 4.94. The van der Waals surface area contributed by atoms with Crippen LogP contribution in [0.15, 0.2) is 36.4 Å². The third kappa shape index (κ3) is 3.24. The maximum Gasteiger partial charge on any atom is 0.223 e. The molecule has 102 valence electrons. The Morgan fingerprint density at radius 1 is 1.42 bits per heavy atom. The van der Waals surface area contributed by atoms with Crippen LogP contribution < -0.4 is 0 Å². The van der Waals surface area contributed by atoms with Gasteiger partial charge in [-0.15, -0.1) is 0 Å². The van der Waals surface area contributed by atoms with Crippen LogP contribution in [0.25, 0.3) is 0 Å². The molecule has 1 aliphatic heterocycles. The molecule has 3 nitrogen and oxygen atoms in total. The van der Waals surface area contributed by atoms with Gasteiger partial charge in [0.2, 0.25) is 5.91 Å². The molecule has 1 aromatic carbocycles. The minimum atomic E-state index is -0.0759. The monoisotopic (exact) mass is 259 g/mol. The van der Waals surface area contributed by atoms with Gasteiger partial charge in [-0.2, -0.15) is 0 Å². The standard InChI is InChI=1S/C16H21NO2/c1-2-3-4-9-16(19)17-11-14-8-6-5-7-13(14)10-15(17)12-18/h2-3,5-8,15,18H,4,9-12H2,1H3/b3-2+/t15-/m0/s1. The van der Waals surface area contributed by atoms with E-state index < -0.39 is 0 Å². The highest BCUT2D eigenvalue weighted by atomic mass is 16.3. The first-order valence-corrected chi connectivity index (χ1v) is 6.84. The van der Waals surface area contributed by atoms with E-state index in [-0.39, 0.29) is 18.6 Å². The summed E-state index contributed by atoms with van der Waals surface area (Å²) in [5.74, 6) is 0.131. The molecule has 2 rings (SSSR count). The normalized spacial score (nSPS) is 18.6. The highest BCUT2D eigenvalue weighted by molar-refractivity contribution is 5.77. The average molecular weight is 259 g/mol. The van der Waals surface area contributed by atoms with Gasteiger partial charge in [-0.1, -0.05) is 36.4 Å². The smallest absolute Gasteiger partial charge is 0.223 e. The molecule has 3 heteroatoms. The number of carbonyl (C=O) groups excluding carboxylic acids is 1. The molecule has 19 heavy (non-hydrogen) atoms. The zero-order valence-corrected chi connectivity index (χ0v) is 11.4. The van der Waals surface area contributed by atoms with E-state index in [4.69, 9.17) is 0 Å². The van der Waals surface area contributed by atoms with Gasteiger partial charge in [0.05, 0.1) is 12.6 Å². The van der Waals surface area contributed by atoms with Gasteiger partial charge in [-0.05, 0) is 30.9 Å². The van der Waals surface area contributed by atoms with Gasteiger partial charge in [0, 0.05) is 13.0 Å². The fourth-order valence-electron chi connectivity index (χ4n) is 2.56. The van der Waals surface area contributed by atoms with Crippen molar-refractivity contribution in [2.75, 3.05) is 6.61 Å². The number of aliphatic hydroxyl groups is 1. The largest absolute Gasteiger partial charge is 0.394 e. The van der Waals surface area contributed by atoms with Crippen molar-refractivity contribution < 1.29 is 9.90 Å². The summed E-state index contributed by atoms with van der Waals surface area (Å²) in [6.45, 7) is 2.61. The number of benzene rings is 1. The molecule has 1 heterocycles. The van der Waals surface area contributed by atoms with E-state index in [0.29, 0.717) is 13.0 Å². The molecular weight excluding hydrogens is 238 g/mol. The van der Waals surface area contributed by atoms with Gasteiger partial charge in [0.15, 0.2) is 0 Å². The van der Waals surface area contributed by atoms with E-state index in [1.807, 2.05) is 36.1 Å². The molecule has 0 radical (unpaired) electrons. The molecule has 0 spiro atoms. The summed E-state index contributed by atoms with van der Waals surface area (Å²) in [4.78, 5) is 14.1. The minimum Gasteiger partial charge on any atom is -0.394 e. The number of amides is 1. The highest BCUT2D eigenvalue weighted by Gasteiger charge is 2.28. The average Bonchev–Trinajstić information content (AvgIpc) is 2.46. The van der Waals surface area contributed by atoms with Crippen molar-refractivity contribution in [1.29, 1.82) is 0 Å². The minimum absolute atomic E-state index is 0.0314. The molecule has 1 aliphatic rings. The zero-order valence-electron chi connectivity index (χ0n) is 11.4. The van der Waals surface area contributed by atoms with Crippen LogP contribution in [0.4, 0.5) is 0 Å². The summed E-state index contributed by atoms with van der Waals surface area (Å²) in [7, 11) is 0. The van der Waals surface area contributed by atoms with Crippen LogP contribution in [0, 0.1) is 0 Å². The SMILES string of the molecule is C/C=C/CCC(=O)N1Cc2ccccc2C[C@H]1CO. The van der Waals surface area contributed by atoms with Gasteiger partial charge >= 0.3 is 0 Å². The Morgan fingerprint density at radius 3 is 2.84 bits per heavy atom. The molecule has 1 atom stereocenters. The Labute approximate surface area is 114 Å². The summed E-state index contributed by atoms with van der Waals surface area (Å²) in [6, 6.07) is 8.08. The van der Waals surface area contributed by atoms with Gasteiger partial charge in [-0.3, -0.25) is 4.79 Å². The lowest BCUT2D eigenvalue weighted by Crippen LogP contribution is -2.46. The molecule has 0 aliphatic carbocycles. The van der Waals surface area contributed by atoms with E-state index in [2.05, 4.69) is 12.1 Å². The zero-order chi connectivity index (χ0) is 13.7. The quantitative estimate of drug-likeness (QED) is 0.843. The molecule has 0 unspecified atom stereocenters. The maximum atomic E-state index is 12.2. The predicted molar refractivity (Wildman–Crippen MR) is 75.6 cm³/mol. The van der Waals surface area contributed by atoms with Gasteiger partial charge in [0.25, 0.3) is 0 Å². The first kappa shape index (κ1) is 13.8. The number of rotatable bonds is 4. The summed E-state index contributed by atoms with van der Waals surface area (Å²) in [6.07, 6.45) is 6.00. The number of aliphatic hydroxyl groups excluding tert-OH is 1. The van der Waals surface area contributed by atoms with Gasteiger partial charge in [0.1, 0.15) is 0 Å². The van der Waals surface area contributed by atoms with Crippen LogP contribution in [0.3, 0.4) is 0 Å². The van der Waals surface area contributed by atoms with E-state index in [1.54, 1.807) is 0 Å². The number of hydrogen-bond donors (Lipinski definition) is 1. The molecule has 0 aromatic heterocycles. The molecule has 0 saturated carbocycles. The van der Waals surface area contributed by atoms with Gasteiger partial charge < -0.3 is 10.0 Å². The molecule has 0 fully saturated rings. The molecule has 1 aromatic rings. The number of fused-ring (bicyclic) bond motifs is 1. The lowest BCUT2D eigenvalue weighted by Gasteiger charge is -2.36. The molecule has 1 N–H and O–H groups in total. The van der Waals surface area contributed by atoms with Crippen molar-refractivity contribution in [2.24, 2.45) is 0 Å². The number of hydrogen-bond acceptors (Lipinski definition) is 2. The molecule has 1 amide bonds. The molecular formula is C16H21NO2. The Kier molecular flexibility index (Phi) is 4.74. The Bertz CT molecular complexity index is 468. The second-order valence-electron chi connectivity index (χ2n) is 4.94. The Hall–Kier alpha value is -1.61. The van der Waals surface area contributed by atoms with Crippen molar-refractivity contribution in [3.8, 4) is 0 Å². The van der Waals surface area contributed by atoms with E-state index in [1.165, 1.54) is 11.1 Å². The first-order valence-electron chi connectivity index (χ1n) is 6.84. The van der Waals surface area contributed by atoms with Gasteiger partial charge in [-0.25, -0.2) is 0 Å². The Balaban J connectivity index is 2.09. The lowest BCUT2D eigenvalue weighted by molar-refractivity contribution is -0.135. The van der Waals surface area contributed by atoms with Crippen LogP contribution in [0.5, 0.6) is 0 Å². The van der Waals surface area contributed by atoms with Crippen molar-refractivity contribution in [1.82, 2.24) is 4.90 Å². The fraction of sp³-hybridized carbons (Fsp3) is 0.438. The molecule has 0 saturated heterocycles. The molecule has 0 bridgehead atoms. The number of allylic oxidation sites excluding steroid dienone is 2. The summed E-state index contributed by atoms with van der Waals surface area (Å²) in [5, 5.41) is 9.50. The van der Waals surface area contributed by atoms with Crippen molar-refractivity contribution >= 4 is 5.91 Å². The topological polar surface area (TPSA) is 40.5 Å². The second kappa shape index (κ2) is 6.53. The van der Waals surface area contributed by atoms with Crippen LogP contribution in [-0.4, -0.2) is 28.6 Å². The van der Waals surface area contributed by atoms with Crippen LogP contribution >= 0.6 is 0 Å².